The van der Waals surface area contributed by atoms with Gasteiger partial charge in [-0.05, 0) is 83.5 Å². The van der Waals surface area contributed by atoms with Crippen molar-refractivity contribution in [1.29, 1.82) is 0 Å². The zero-order valence-corrected chi connectivity index (χ0v) is 41.9. The molecule has 1 atom stereocenters. The predicted octanol–water partition coefficient (Wildman–Crippen LogP) is 17.3. The molecule has 0 N–H and O–H groups in total. The minimum Gasteiger partial charge on any atom is -0.462 e. The molecule has 0 aliphatic rings. The van der Waals surface area contributed by atoms with E-state index in [0.29, 0.717) is 19.3 Å². The predicted molar refractivity (Wildman–Crippen MR) is 283 cm³/mol. The summed E-state index contributed by atoms with van der Waals surface area (Å²) in [7, 11) is 0. The van der Waals surface area contributed by atoms with Gasteiger partial charge in [0.25, 0.3) is 0 Å². The highest BCUT2D eigenvalue weighted by atomic mass is 16.6. The summed E-state index contributed by atoms with van der Waals surface area (Å²) in [6, 6.07) is 0. The summed E-state index contributed by atoms with van der Waals surface area (Å²) in [4.78, 5) is 38.0. The van der Waals surface area contributed by atoms with Crippen LogP contribution in [0.3, 0.4) is 0 Å². The lowest BCUT2D eigenvalue weighted by atomic mass is 10.1. The van der Waals surface area contributed by atoms with Crippen molar-refractivity contribution in [3.63, 3.8) is 0 Å². The summed E-state index contributed by atoms with van der Waals surface area (Å²) in [6.07, 6.45) is 75.4. The fourth-order valence-corrected chi connectivity index (χ4v) is 6.47. The molecule has 368 valence electrons. The summed E-state index contributed by atoms with van der Waals surface area (Å²) < 4.78 is 16.7. The van der Waals surface area contributed by atoms with Gasteiger partial charge in [0.05, 0.1) is 0 Å². The smallest absolute Gasteiger partial charge is 0.306 e. The van der Waals surface area contributed by atoms with Crippen molar-refractivity contribution in [1.82, 2.24) is 0 Å². The zero-order valence-electron chi connectivity index (χ0n) is 41.9. The minimum absolute atomic E-state index is 0.124. The van der Waals surface area contributed by atoms with Gasteiger partial charge in [-0.15, -0.1) is 0 Å². The Balaban J connectivity index is 4.59. The van der Waals surface area contributed by atoms with Gasteiger partial charge in [-0.1, -0.05) is 237 Å². The average molecular weight is 909 g/mol. The van der Waals surface area contributed by atoms with Crippen LogP contribution in [-0.4, -0.2) is 37.2 Å². The fraction of sp³-hybridized carbons (Fsp3) is 0.550. The van der Waals surface area contributed by atoms with Crippen molar-refractivity contribution in [2.45, 2.75) is 200 Å². The van der Waals surface area contributed by atoms with Gasteiger partial charge in [-0.2, -0.15) is 0 Å². The number of unbranched alkanes of at least 4 members (excludes halogenated alkanes) is 18. The highest BCUT2D eigenvalue weighted by molar-refractivity contribution is 5.71. The van der Waals surface area contributed by atoms with E-state index in [1.807, 2.05) is 97.2 Å². The van der Waals surface area contributed by atoms with Crippen LogP contribution in [0, 0.1) is 0 Å². The number of allylic oxidation sites excluding steroid dienone is 24. The molecule has 0 radical (unpaired) electrons. The third-order valence-corrected chi connectivity index (χ3v) is 10.3. The maximum Gasteiger partial charge on any atom is 0.306 e. The lowest BCUT2D eigenvalue weighted by molar-refractivity contribution is -0.167. The third kappa shape index (κ3) is 50.3. The van der Waals surface area contributed by atoms with Crippen LogP contribution in [0.4, 0.5) is 0 Å². The van der Waals surface area contributed by atoms with E-state index in [0.717, 1.165) is 89.9 Å². The topological polar surface area (TPSA) is 78.9 Å². The number of carbonyl (C=O) groups is 3. The van der Waals surface area contributed by atoms with Crippen LogP contribution in [0.5, 0.6) is 0 Å². The Hall–Kier alpha value is -4.71. The standard InChI is InChI=1S/C60H92O6/c1-4-7-10-13-16-19-22-25-28-29-30-33-35-38-41-44-47-50-53-59(62)65-56-57(66-60(63)54-51-48-45-42-39-36-32-27-24-21-18-15-12-9-6-3)55-64-58(61)52-49-46-43-40-37-34-31-26-23-20-17-14-11-8-5-2/h8-9,11-12,14-15,17-18,20-21,23-24,26-34,36-37,39,57H,4-7,10,13,16,19,22,25,35,38,40-56H2,1-3H3/b11-8-,12-9-,17-14-,18-15-,23-20-,24-21-,29-28-,31-26-,32-27-,33-30-,37-34-,39-36-. The third-order valence-electron chi connectivity index (χ3n) is 10.3. The Morgan fingerprint density at radius 3 is 0.955 bits per heavy atom. The van der Waals surface area contributed by atoms with E-state index in [-0.39, 0.29) is 44.0 Å². The molecule has 0 amide bonds. The highest BCUT2D eigenvalue weighted by Gasteiger charge is 2.19. The second kappa shape index (κ2) is 52.9. The molecule has 1 unspecified atom stereocenters. The molecule has 0 fully saturated rings. The fourth-order valence-electron chi connectivity index (χ4n) is 6.47. The lowest BCUT2D eigenvalue weighted by Gasteiger charge is -2.18. The summed E-state index contributed by atoms with van der Waals surface area (Å²) in [5.41, 5.74) is 0. The van der Waals surface area contributed by atoms with Gasteiger partial charge in [0, 0.05) is 19.3 Å². The van der Waals surface area contributed by atoms with Gasteiger partial charge in [-0.25, -0.2) is 0 Å². The van der Waals surface area contributed by atoms with E-state index in [9.17, 15) is 14.4 Å². The number of ether oxygens (including phenoxy) is 3. The van der Waals surface area contributed by atoms with Gasteiger partial charge >= 0.3 is 17.9 Å². The van der Waals surface area contributed by atoms with Crippen LogP contribution < -0.4 is 0 Å². The van der Waals surface area contributed by atoms with Crippen molar-refractivity contribution < 1.29 is 28.6 Å². The first-order valence-corrected chi connectivity index (χ1v) is 26.0. The maximum absolute atomic E-state index is 12.8. The Morgan fingerprint density at radius 1 is 0.318 bits per heavy atom. The maximum atomic E-state index is 12.8. The minimum atomic E-state index is -0.831. The van der Waals surface area contributed by atoms with Crippen LogP contribution in [0.25, 0.3) is 0 Å². The molecule has 0 aliphatic heterocycles. The first-order valence-electron chi connectivity index (χ1n) is 26.0. The number of hydrogen-bond acceptors (Lipinski definition) is 6. The Morgan fingerprint density at radius 2 is 0.591 bits per heavy atom. The summed E-state index contributed by atoms with van der Waals surface area (Å²) in [5, 5.41) is 0. The van der Waals surface area contributed by atoms with E-state index in [1.54, 1.807) is 0 Å². The van der Waals surface area contributed by atoms with Crippen LogP contribution in [0.1, 0.15) is 194 Å². The zero-order chi connectivity index (χ0) is 47.9. The van der Waals surface area contributed by atoms with Crippen LogP contribution >= 0.6 is 0 Å². The molecule has 0 spiro atoms. The molecule has 0 saturated carbocycles. The van der Waals surface area contributed by atoms with E-state index >= 15 is 0 Å². The number of carbonyl (C=O) groups excluding carboxylic acids is 3. The van der Waals surface area contributed by atoms with Crippen LogP contribution in [-0.2, 0) is 28.6 Å². The van der Waals surface area contributed by atoms with Crippen LogP contribution in [0.2, 0.25) is 0 Å². The van der Waals surface area contributed by atoms with E-state index < -0.39 is 6.10 Å². The molecule has 0 aliphatic carbocycles. The summed E-state index contributed by atoms with van der Waals surface area (Å²) in [6.45, 7) is 6.23. The molecule has 0 aromatic heterocycles. The molecule has 66 heavy (non-hydrogen) atoms. The van der Waals surface area contributed by atoms with Gasteiger partial charge in [-0.3, -0.25) is 14.4 Å². The monoisotopic (exact) mass is 909 g/mol. The Labute approximate surface area is 404 Å². The molecule has 6 heteroatoms. The normalized spacial score (nSPS) is 13.3. The second-order valence-electron chi connectivity index (χ2n) is 16.6. The number of hydrogen-bond donors (Lipinski definition) is 0. The number of rotatable bonds is 44. The molecule has 0 saturated heterocycles. The number of esters is 3. The van der Waals surface area contributed by atoms with Crippen molar-refractivity contribution in [2.75, 3.05) is 13.2 Å². The molecule has 0 heterocycles. The summed E-state index contributed by atoms with van der Waals surface area (Å²) in [5.74, 6) is -1.03. The van der Waals surface area contributed by atoms with Crippen molar-refractivity contribution in [3.05, 3.63) is 146 Å². The van der Waals surface area contributed by atoms with Gasteiger partial charge in [0.1, 0.15) is 13.2 Å². The second-order valence-corrected chi connectivity index (χ2v) is 16.6. The quantitative estimate of drug-likeness (QED) is 0.0262. The first kappa shape index (κ1) is 61.3. The molecule has 0 bridgehead atoms. The Bertz CT molecular complexity index is 1510. The highest BCUT2D eigenvalue weighted by Crippen LogP contribution is 2.12. The van der Waals surface area contributed by atoms with Crippen molar-refractivity contribution >= 4 is 17.9 Å². The van der Waals surface area contributed by atoms with Crippen LogP contribution in [0.15, 0.2) is 146 Å². The van der Waals surface area contributed by atoms with E-state index in [1.165, 1.54) is 51.4 Å². The molecule has 0 aromatic rings. The first-order chi connectivity index (χ1) is 32.5. The Kier molecular flexibility index (Phi) is 49.1. The SMILES string of the molecule is CC\C=C/C=C\C=C/C=C\C=C/CCCCCC(=O)OCC(COC(=O)CCCCCCC/C=C\C=C/CCCCCCCCC)OC(=O)CCCCC\C=C/C=C\C=C/C=C\C=C/CC. The summed E-state index contributed by atoms with van der Waals surface area (Å²) >= 11 is 0. The van der Waals surface area contributed by atoms with Crippen molar-refractivity contribution in [2.24, 2.45) is 0 Å². The van der Waals surface area contributed by atoms with Gasteiger partial charge in [0.2, 0.25) is 0 Å². The molecule has 0 rings (SSSR count). The lowest BCUT2D eigenvalue weighted by Crippen LogP contribution is -2.30. The molecule has 0 aromatic carbocycles. The molecular formula is C60H92O6. The van der Waals surface area contributed by atoms with Crippen molar-refractivity contribution in [3.8, 4) is 0 Å². The van der Waals surface area contributed by atoms with E-state index in [4.69, 9.17) is 14.2 Å². The van der Waals surface area contributed by atoms with E-state index in [2.05, 4.69) is 69.4 Å². The molecular weight excluding hydrogens is 817 g/mol. The van der Waals surface area contributed by atoms with Gasteiger partial charge < -0.3 is 14.2 Å². The van der Waals surface area contributed by atoms with Gasteiger partial charge in [0.15, 0.2) is 6.10 Å². The average Bonchev–Trinajstić information content (AvgIpc) is 3.31. The molecule has 6 nitrogen and oxygen atoms in total. The largest absolute Gasteiger partial charge is 0.462 e.